The molecule has 1 aromatic rings. The molecule has 20 heavy (non-hydrogen) atoms. The Morgan fingerprint density at radius 2 is 2.00 bits per heavy atom. The maximum absolute atomic E-state index is 11.8. The zero-order chi connectivity index (χ0) is 14.4. The molecule has 108 valence electrons. The molecule has 5 heteroatoms. The summed E-state index contributed by atoms with van der Waals surface area (Å²) in [7, 11) is 1.57. The van der Waals surface area contributed by atoms with Gasteiger partial charge in [-0.3, -0.25) is 9.59 Å². The quantitative estimate of drug-likeness (QED) is 0.809. The second-order valence-electron chi connectivity index (χ2n) is 5.01. The number of carbonyl (C=O) groups excluding carboxylic acids is 2. The number of benzene rings is 1. The van der Waals surface area contributed by atoms with Crippen LogP contribution >= 0.6 is 0 Å². The van der Waals surface area contributed by atoms with E-state index in [1.807, 2.05) is 0 Å². The van der Waals surface area contributed by atoms with Crippen LogP contribution in [0.4, 0.5) is 5.69 Å². The molecule has 2 rings (SSSR count). The second kappa shape index (κ2) is 6.93. The van der Waals surface area contributed by atoms with E-state index in [4.69, 9.17) is 4.74 Å². The van der Waals surface area contributed by atoms with Crippen molar-refractivity contribution in [2.45, 2.75) is 38.1 Å². The van der Waals surface area contributed by atoms with Gasteiger partial charge in [0.2, 0.25) is 11.8 Å². The highest BCUT2D eigenvalue weighted by molar-refractivity contribution is 6.03. The Bertz CT molecular complexity index is 482. The minimum absolute atomic E-state index is 0.145. The number of rotatable bonds is 5. The van der Waals surface area contributed by atoms with E-state index in [1.54, 1.807) is 31.4 Å². The first kappa shape index (κ1) is 14.4. The van der Waals surface area contributed by atoms with Crippen LogP contribution in [0, 0.1) is 0 Å². The lowest BCUT2D eigenvalue weighted by atomic mass is 10.2. The van der Waals surface area contributed by atoms with Crippen molar-refractivity contribution >= 4 is 17.5 Å². The lowest BCUT2D eigenvalue weighted by Gasteiger charge is -2.12. The van der Waals surface area contributed by atoms with E-state index in [0.717, 1.165) is 25.7 Å². The van der Waals surface area contributed by atoms with Crippen LogP contribution in [0.15, 0.2) is 24.3 Å². The molecule has 0 unspecified atom stereocenters. The summed E-state index contributed by atoms with van der Waals surface area (Å²) in [6, 6.07) is 7.30. The van der Waals surface area contributed by atoms with Crippen molar-refractivity contribution in [3.8, 4) is 5.75 Å². The standard InChI is InChI=1S/C15H20N2O3/c1-20-13-8-4-7-12(9-13)17-15(19)10-14(18)16-11-5-2-3-6-11/h4,7-9,11H,2-3,5-6,10H2,1H3,(H,16,18)(H,17,19). The van der Waals surface area contributed by atoms with E-state index in [9.17, 15) is 9.59 Å². The van der Waals surface area contributed by atoms with Gasteiger partial charge in [0.1, 0.15) is 12.2 Å². The topological polar surface area (TPSA) is 67.4 Å². The van der Waals surface area contributed by atoms with Gasteiger partial charge in [-0.15, -0.1) is 0 Å². The predicted octanol–water partition coefficient (Wildman–Crippen LogP) is 2.08. The van der Waals surface area contributed by atoms with E-state index in [1.165, 1.54) is 0 Å². The Hall–Kier alpha value is -2.04. The van der Waals surface area contributed by atoms with Crippen molar-refractivity contribution in [3.05, 3.63) is 24.3 Å². The molecule has 2 N–H and O–H groups in total. The van der Waals surface area contributed by atoms with Gasteiger partial charge >= 0.3 is 0 Å². The van der Waals surface area contributed by atoms with Gasteiger partial charge in [-0.05, 0) is 25.0 Å². The Labute approximate surface area is 118 Å². The number of hydrogen-bond donors (Lipinski definition) is 2. The summed E-state index contributed by atoms with van der Waals surface area (Å²) in [6.45, 7) is 0. The number of hydrogen-bond acceptors (Lipinski definition) is 3. The number of nitrogens with one attached hydrogen (secondary N) is 2. The third-order valence-corrected chi connectivity index (χ3v) is 3.39. The number of amides is 2. The fourth-order valence-corrected chi connectivity index (χ4v) is 2.40. The highest BCUT2D eigenvalue weighted by atomic mass is 16.5. The van der Waals surface area contributed by atoms with Gasteiger partial charge in [0, 0.05) is 17.8 Å². The van der Waals surface area contributed by atoms with E-state index >= 15 is 0 Å². The Kier molecular flexibility index (Phi) is 4.98. The first-order chi connectivity index (χ1) is 9.67. The normalized spacial score (nSPS) is 14.8. The summed E-state index contributed by atoms with van der Waals surface area (Å²) < 4.78 is 5.08. The molecule has 0 saturated heterocycles. The Morgan fingerprint density at radius 1 is 1.25 bits per heavy atom. The molecule has 0 aromatic heterocycles. The lowest BCUT2D eigenvalue weighted by molar-refractivity contribution is -0.127. The molecule has 5 nitrogen and oxygen atoms in total. The SMILES string of the molecule is COc1cccc(NC(=O)CC(=O)NC2CCCC2)c1. The van der Waals surface area contributed by atoms with Crippen molar-refractivity contribution in [2.24, 2.45) is 0 Å². The van der Waals surface area contributed by atoms with E-state index < -0.39 is 0 Å². The van der Waals surface area contributed by atoms with Crippen LogP contribution in [0.25, 0.3) is 0 Å². The largest absolute Gasteiger partial charge is 0.497 e. The van der Waals surface area contributed by atoms with Crippen molar-refractivity contribution < 1.29 is 14.3 Å². The fourth-order valence-electron chi connectivity index (χ4n) is 2.40. The number of anilines is 1. The molecule has 0 heterocycles. The number of carbonyl (C=O) groups is 2. The van der Waals surface area contributed by atoms with Crippen LogP contribution in [-0.2, 0) is 9.59 Å². The number of methoxy groups -OCH3 is 1. The summed E-state index contributed by atoms with van der Waals surface area (Å²) in [6.07, 6.45) is 4.20. The maximum atomic E-state index is 11.8. The van der Waals surface area contributed by atoms with Crippen molar-refractivity contribution in [1.29, 1.82) is 0 Å². The van der Waals surface area contributed by atoms with Gasteiger partial charge in [-0.25, -0.2) is 0 Å². The molecule has 0 atom stereocenters. The molecule has 1 aliphatic carbocycles. The van der Waals surface area contributed by atoms with Crippen LogP contribution in [0.1, 0.15) is 32.1 Å². The third kappa shape index (κ3) is 4.26. The van der Waals surface area contributed by atoms with Gasteiger partial charge in [-0.1, -0.05) is 18.9 Å². The van der Waals surface area contributed by atoms with Crippen LogP contribution in [0.5, 0.6) is 5.75 Å². The van der Waals surface area contributed by atoms with Gasteiger partial charge in [-0.2, -0.15) is 0 Å². The lowest BCUT2D eigenvalue weighted by Crippen LogP contribution is -2.35. The maximum Gasteiger partial charge on any atom is 0.233 e. The van der Waals surface area contributed by atoms with Gasteiger partial charge in [0.15, 0.2) is 0 Å². The molecular weight excluding hydrogens is 256 g/mol. The molecule has 0 aliphatic heterocycles. The highest BCUT2D eigenvalue weighted by Crippen LogP contribution is 2.18. The molecular formula is C15H20N2O3. The summed E-state index contributed by atoms with van der Waals surface area (Å²) in [4.78, 5) is 23.5. The highest BCUT2D eigenvalue weighted by Gasteiger charge is 2.18. The first-order valence-corrected chi connectivity index (χ1v) is 6.90. The molecule has 0 spiro atoms. The predicted molar refractivity (Wildman–Crippen MR) is 76.6 cm³/mol. The molecule has 2 amide bonds. The molecule has 1 aromatic carbocycles. The molecule has 0 radical (unpaired) electrons. The number of ether oxygens (including phenoxy) is 1. The second-order valence-corrected chi connectivity index (χ2v) is 5.01. The summed E-state index contributed by atoms with van der Waals surface area (Å²) in [5, 5.41) is 5.59. The van der Waals surface area contributed by atoms with Crippen LogP contribution in [0.3, 0.4) is 0 Å². The van der Waals surface area contributed by atoms with Crippen molar-refractivity contribution in [1.82, 2.24) is 5.32 Å². The summed E-state index contributed by atoms with van der Waals surface area (Å²) in [5.74, 6) is 0.143. The molecule has 0 bridgehead atoms. The summed E-state index contributed by atoms with van der Waals surface area (Å²) >= 11 is 0. The minimum atomic E-state index is -0.311. The Balaban J connectivity index is 1.80. The van der Waals surface area contributed by atoms with Gasteiger partial charge < -0.3 is 15.4 Å². The molecule has 1 saturated carbocycles. The third-order valence-electron chi connectivity index (χ3n) is 3.39. The smallest absolute Gasteiger partial charge is 0.233 e. The van der Waals surface area contributed by atoms with E-state index in [0.29, 0.717) is 11.4 Å². The van der Waals surface area contributed by atoms with Crippen LogP contribution < -0.4 is 15.4 Å². The monoisotopic (exact) mass is 276 g/mol. The average molecular weight is 276 g/mol. The summed E-state index contributed by atoms with van der Waals surface area (Å²) in [5.41, 5.74) is 0.628. The first-order valence-electron chi connectivity index (χ1n) is 6.90. The van der Waals surface area contributed by atoms with Crippen LogP contribution in [-0.4, -0.2) is 25.0 Å². The van der Waals surface area contributed by atoms with Crippen molar-refractivity contribution in [3.63, 3.8) is 0 Å². The average Bonchev–Trinajstić information content (AvgIpc) is 2.91. The molecule has 1 aliphatic rings. The van der Waals surface area contributed by atoms with E-state index in [2.05, 4.69) is 10.6 Å². The Morgan fingerprint density at radius 3 is 2.70 bits per heavy atom. The van der Waals surface area contributed by atoms with E-state index in [-0.39, 0.29) is 24.3 Å². The fraction of sp³-hybridized carbons (Fsp3) is 0.467. The molecule has 1 fully saturated rings. The van der Waals surface area contributed by atoms with Gasteiger partial charge in [0.05, 0.1) is 7.11 Å². The zero-order valence-corrected chi connectivity index (χ0v) is 11.6. The van der Waals surface area contributed by atoms with Gasteiger partial charge in [0.25, 0.3) is 0 Å². The zero-order valence-electron chi connectivity index (χ0n) is 11.6. The minimum Gasteiger partial charge on any atom is -0.497 e. The van der Waals surface area contributed by atoms with Crippen molar-refractivity contribution in [2.75, 3.05) is 12.4 Å². The van der Waals surface area contributed by atoms with Crippen LogP contribution in [0.2, 0.25) is 0 Å².